The second kappa shape index (κ2) is 7.14. The lowest BCUT2D eigenvalue weighted by Gasteiger charge is -2.03. The lowest BCUT2D eigenvalue weighted by molar-refractivity contribution is -0.117. The first-order valence-corrected chi connectivity index (χ1v) is 7.41. The number of halogens is 1. The van der Waals surface area contributed by atoms with Crippen molar-refractivity contribution < 1.29 is 9.59 Å². The van der Waals surface area contributed by atoms with Crippen LogP contribution in [0.4, 0.5) is 4.79 Å². The number of imide groups is 1. The maximum atomic E-state index is 11.6. The molecule has 0 unspecified atom stereocenters. The number of hydrogen-bond acceptors (Lipinski definition) is 4. The second-order valence-corrected chi connectivity index (χ2v) is 5.44. The average molecular weight is 325 g/mol. The molecule has 0 saturated carbocycles. The molecule has 0 aliphatic rings. The van der Waals surface area contributed by atoms with Gasteiger partial charge in [0.1, 0.15) is 0 Å². The van der Waals surface area contributed by atoms with E-state index in [-0.39, 0.29) is 5.75 Å². The summed E-state index contributed by atoms with van der Waals surface area (Å²) in [7, 11) is 0. The first-order valence-electron chi connectivity index (χ1n) is 6.05. The molecular weight excluding hydrogens is 312 g/mol. The Morgan fingerprint density at radius 2 is 2.29 bits per heavy atom. The Kier molecular flexibility index (Phi) is 5.24. The van der Waals surface area contributed by atoms with Crippen LogP contribution in [-0.4, -0.2) is 34.2 Å². The first-order chi connectivity index (χ1) is 10.1. The van der Waals surface area contributed by atoms with E-state index in [4.69, 9.17) is 11.6 Å². The molecule has 0 fully saturated rings. The van der Waals surface area contributed by atoms with Crippen molar-refractivity contribution in [2.45, 2.75) is 5.16 Å². The predicted octanol–water partition coefficient (Wildman–Crippen LogP) is 2.32. The van der Waals surface area contributed by atoms with Gasteiger partial charge in [-0.15, -0.1) is 6.58 Å². The zero-order chi connectivity index (χ0) is 15.2. The van der Waals surface area contributed by atoms with E-state index in [0.717, 1.165) is 11.0 Å². The summed E-state index contributed by atoms with van der Waals surface area (Å²) in [6.45, 7) is 3.76. The van der Waals surface area contributed by atoms with Gasteiger partial charge in [-0.1, -0.05) is 29.4 Å². The fraction of sp³-hybridized carbons (Fsp3) is 0.154. The number of benzene rings is 1. The van der Waals surface area contributed by atoms with E-state index in [2.05, 4.69) is 27.2 Å². The molecule has 3 N–H and O–H groups in total. The van der Waals surface area contributed by atoms with E-state index in [0.29, 0.717) is 16.7 Å². The van der Waals surface area contributed by atoms with Gasteiger partial charge in [0, 0.05) is 11.6 Å². The molecule has 0 aliphatic carbocycles. The Bertz CT molecular complexity index is 686. The van der Waals surface area contributed by atoms with Gasteiger partial charge in [0.2, 0.25) is 5.91 Å². The van der Waals surface area contributed by atoms with Crippen LogP contribution in [0.3, 0.4) is 0 Å². The Morgan fingerprint density at radius 3 is 3.05 bits per heavy atom. The molecule has 0 bridgehead atoms. The molecule has 0 spiro atoms. The van der Waals surface area contributed by atoms with Crippen molar-refractivity contribution in [1.82, 2.24) is 20.6 Å². The maximum absolute atomic E-state index is 11.6. The van der Waals surface area contributed by atoms with Gasteiger partial charge < -0.3 is 10.3 Å². The van der Waals surface area contributed by atoms with E-state index in [1.165, 1.54) is 17.8 Å². The third-order valence-corrected chi connectivity index (χ3v) is 3.53. The highest BCUT2D eigenvalue weighted by molar-refractivity contribution is 7.99. The maximum Gasteiger partial charge on any atom is 0.321 e. The largest absolute Gasteiger partial charge is 0.334 e. The summed E-state index contributed by atoms with van der Waals surface area (Å²) in [5.74, 6) is -0.324. The van der Waals surface area contributed by atoms with Crippen LogP contribution in [0, 0.1) is 0 Å². The number of urea groups is 1. The van der Waals surface area contributed by atoms with E-state index < -0.39 is 11.9 Å². The molecule has 0 atom stereocenters. The van der Waals surface area contributed by atoms with Crippen molar-refractivity contribution in [1.29, 1.82) is 0 Å². The normalized spacial score (nSPS) is 10.3. The van der Waals surface area contributed by atoms with Crippen LogP contribution in [0.1, 0.15) is 0 Å². The lowest BCUT2D eigenvalue weighted by Crippen LogP contribution is -2.40. The fourth-order valence-electron chi connectivity index (χ4n) is 1.53. The van der Waals surface area contributed by atoms with Gasteiger partial charge in [-0.05, 0) is 18.2 Å². The van der Waals surface area contributed by atoms with Crippen molar-refractivity contribution >= 4 is 46.3 Å². The van der Waals surface area contributed by atoms with Crippen molar-refractivity contribution in [3.8, 4) is 0 Å². The fourth-order valence-corrected chi connectivity index (χ4v) is 2.39. The Morgan fingerprint density at radius 1 is 1.48 bits per heavy atom. The van der Waals surface area contributed by atoms with Gasteiger partial charge in [-0.3, -0.25) is 10.1 Å². The predicted molar refractivity (Wildman–Crippen MR) is 83.6 cm³/mol. The molecule has 1 aromatic heterocycles. The number of nitrogens with one attached hydrogen (secondary N) is 3. The zero-order valence-corrected chi connectivity index (χ0v) is 12.6. The number of fused-ring (bicyclic) bond motifs is 1. The Labute approximate surface area is 130 Å². The smallest absolute Gasteiger partial charge is 0.321 e. The lowest BCUT2D eigenvalue weighted by atomic mass is 10.3. The van der Waals surface area contributed by atoms with Crippen LogP contribution in [0.15, 0.2) is 36.0 Å². The quantitative estimate of drug-likeness (QED) is 0.582. The third-order valence-electron chi connectivity index (χ3n) is 2.42. The molecule has 2 rings (SSSR count). The van der Waals surface area contributed by atoms with Gasteiger partial charge >= 0.3 is 6.03 Å². The van der Waals surface area contributed by atoms with E-state index in [1.54, 1.807) is 18.2 Å². The van der Waals surface area contributed by atoms with Crippen LogP contribution in [0.5, 0.6) is 0 Å². The molecule has 0 aliphatic heterocycles. The molecule has 1 aromatic carbocycles. The topological polar surface area (TPSA) is 86.9 Å². The number of carbonyl (C=O) groups is 2. The minimum atomic E-state index is -0.545. The molecule has 0 radical (unpaired) electrons. The summed E-state index contributed by atoms with van der Waals surface area (Å²) in [5.41, 5.74) is 1.57. The summed E-state index contributed by atoms with van der Waals surface area (Å²) in [6.07, 6.45) is 1.53. The summed E-state index contributed by atoms with van der Waals surface area (Å²) in [5, 5.41) is 5.86. The molecule has 6 nitrogen and oxygen atoms in total. The van der Waals surface area contributed by atoms with Crippen LogP contribution in [-0.2, 0) is 4.79 Å². The molecule has 1 heterocycles. The number of thioether (sulfide) groups is 1. The number of imidazole rings is 1. The number of H-pyrrole nitrogens is 1. The second-order valence-electron chi connectivity index (χ2n) is 4.04. The van der Waals surface area contributed by atoms with Gasteiger partial charge in [-0.2, -0.15) is 0 Å². The molecular formula is C13H13ClN4O2S. The van der Waals surface area contributed by atoms with Crippen molar-refractivity contribution in [3.05, 3.63) is 35.9 Å². The zero-order valence-electron chi connectivity index (χ0n) is 11.0. The van der Waals surface area contributed by atoms with E-state index in [9.17, 15) is 9.59 Å². The standard InChI is InChI=1S/C13H13ClN4O2S/c1-2-5-15-12(20)18-11(19)7-21-13-16-9-4-3-8(14)6-10(9)17-13/h2-4,6H,1,5,7H2,(H,16,17)(H2,15,18,19,20). The molecule has 0 saturated heterocycles. The third kappa shape index (κ3) is 4.51. The number of carbonyl (C=O) groups excluding carboxylic acids is 2. The van der Waals surface area contributed by atoms with Crippen molar-refractivity contribution in [2.24, 2.45) is 0 Å². The first kappa shape index (κ1) is 15.4. The summed E-state index contributed by atoms with van der Waals surface area (Å²) in [6, 6.07) is 4.75. The van der Waals surface area contributed by atoms with Gasteiger partial charge in [0.25, 0.3) is 0 Å². The Hall–Kier alpha value is -1.99. The molecule has 2 aromatic rings. The van der Waals surface area contributed by atoms with E-state index in [1.807, 2.05) is 0 Å². The summed E-state index contributed by atoms with van der Waals surface area (Å²) < 4.78 is 0. The van der Waals surface area contributed by atoms with E-state index >= 15 is 0 Å². The molecule has 110 valence electrons. The SMILES string of the molecule is C=CCNC(=O)NC(=O)CSc1nc2ccc(Cl)cc2[nH]1. The van der Waals surface area contributed by atoms with Gasteiger partial charge in [-0.25, -0.2) is 9.78 Å². The van der Waals surface area contributed by atoms with Crippen LogP contribution < -0.4 is 10.6 Å². The molecule has 8 heteroatoms. The minimum absolute atomic E-state index is 0.0784. The Balaban J connectivity index is 1.87. The monoisotopic (exact) mass is 324 g/mol. The highest BCUT2D eigenvalue weighted by Gasteiger charge is 2.09. The highest BCUT2D eigenvalue weighted by Crippen LogP contribution is 2.21. The highest BCUT2D eigenvalue weighted by atomic mass is 35.5. The van der Waals surface area contributed by atoms with Crippen LogP contribution >= 0.6 is 23.4 Å². The number of aromatic amines is 1. The molecule has 3 amide bonds. The number of rotatable bonds is 5. The molecule has 21 heavy (non-hydrogen) atoms. The number of aromatic nitrogens is 2. The average Bonchev–Trinajstić information content (AvgIpc) is 2.85. The van der Waals surface area contributed by atoms with Crippen molar-refractivity contribution in [2.75, 3.05) is 12.3 Å². The number of hydrogen-bond donors (Lipinski definition) is 3. The summed E-state index contributed by atoms with van der Waals surface area (Å²) >= 11 is 7.09. The van der Waals surface area contributed by atoms with Gasteiger partial charge in [0.15, 0.2) is 5.16 Å². The van der Waals surface area contributed by atoms with Gasteiger partial charge in [0.05, 0.1) is 16.8 Å². The summed E-state index contributed by atoms with van der Waals surface area (Å²) in [4.78, 5) is 30.2. The minimum Gasteiger partial charge on any atom is -0.334 e. The van der Waals surface area contributed by atoms with Crippen molar-refractivity contribution in [3.63, 3.8) is 0 Å². The number of amides is 3. The van der Waals surface area contributed by atoms with Crippen LogP contribution in [0.25, 0.3) is 11.0 Å². The number of nitrogens with zero attached hydrogens (tertiary/aromatic N) is 1. The van der Waals surface area contributed by atoms with Crippen LogP contribution in [0.2, 0.25) is 5.02 Å².